The second kappa shape index (κ2) is 8.54. The standard InChI is InChI=1S/C24H21N7O2/c1-15-20(23(32)28-17-6-5-11-26-14-17)21(18-7-3-4-8-19(18)33-2)31-24(27-15)29-22(30-31)16-9-12-25-13-10-16/h3-14,21H,1-2H3,(H,28,32)(H,27,29,30). The van der Waals surface area contributed by atoms with Crippen LogP contribution in [0.5, 0.6) is 5.75 Å². The van der Waals surface area contributed by atoms with E-state index in [1.807, 2.05) is 43.3 Å². The van der Waals surface area contributed by atoms with Crippen LogP contribution >= 0.6 is 0 Å². The molecule has 4 heterocycles. The van der Waals surface area contributed by atoms with Gasteiger partial charge < -0.3 is 15.4 Å². The van der Waals surface area contributed by atoms with Crippen LogP contribution in [-0.4, -0.2) is 37.7 Å². The number of carbonyl (C=O) groups is 1. The van der Waals surface area contributed by atoms with Gasteiger partial charge in [0.05, 0.1) is 24.6 Å². The molecule has 0 aliphatic carbocycles. The third-order valence-electron chi connectivity index (χ3n) is 5.39. The van der Waals surface area contributed by atoms with E-state index in [1.54, 1.807) is 48.7 Å². The molecule has 0 spiro atoms. The number of pyridine rings is 2. The predicted molar refractivity (Wildman–Crippen MR) is 124 cm³/mol. The molecule has 1 amide bonds. The van der Waals surface area contributed by atoms with Crippen LogP contribution in [0.4, 0.5) is 11.6 Å². The Balaban J connectivity index is 1.64. The molecule has 164 valence electrons. The highest BCUT2D eigenvalue weighted by molar-refractivity contribution is 6.06. The summed E-state index contributed by atoms with van der Waals surface area (Å²) in [7, 11) is 1.61. The number of fused-ring (bicyclic) bond motifs is 1. The van der Waals surface area contributed by atoms with E-state index in [0.29, 0.717) is 34.5 Å². The fraction of sp³-hybridized carbons (Fsp3) is 0.125. The Morgan fingerprint density at radius 3 is 2.64 bits per heavy atom. The number of hydrogen-bond donors (Lipinski definition) is 2. The first-order valence-electron chi connectivity index (χ1n) is 10.3. The molecule has 1 unspecified atom stereocenters. The highest BCUT2D eigenvalue weighted by atomic mass is 16.5. The number of ether oxygens (including phenoxy) is 1. The van der Waals surface area contributed by atoms with Crippen LogP contribution in [0.25, 0.3) is 11.4 Å². The highest BCUT2D eigenvalue weighted by Gasteiger charge is 2.36. The number of methoxy groups -OCH3 is 1. The number of benzene rings is 1. The molecule has 0 radical (unpaired) electrons. The first-order chi connectivity index (χ1) is 16.2. The Morgan fingerprint density at radius 2 is 1.88 bits per heavy atom. The summed E-state index contributed by atoms with van der Waals surface area (Å²) in [6.45, 7) is 1.85. The number of amides is 1. The monoisotopic (exact) mass is 439 g/mol. The normalized spacial score (nSPS) is 14.9. The second-order valence-electron chi connectivity index (χ2n) is 7.44. The maximum atomic E-state index is 13.5. The lowest BCUT2D eigenvalue weighted by molar-refractivity contribution is -0.113. The minimum absolute atomic E-state index is 0.268. The Hall–Kier alpha value is -4.53. The molecule has 1 aromatic carbocycles. The predicted octanol–water partition coefficient (Wildman–Crippen LogP) is 3.67. The van der Waals surface area contributed by atoms with Gasteiger partial charge in [-0.05, 0) is 37.3 Å². The van der Waals surface area contributed by atoms with Gasteiger partial charge in [-0.25, -0.2) is 4.68 Å². The summed E-state index contributed by atoms with van der Waals surface area (Å²) in [6, 6.07) is 14.3. The van der Waals surface area contributed by atoms with Crippen molar-refractivity contribution in [3.05, 3.63) is 90.2 Å². The summed E-state index contributed by atoms with van der Waals surface area (Å²) in [5.74, 6) is 1.45. The molecule has 1 aliphatic rings. The Kier molecular flexibility index (Phi) is 5.27. The van der Waals surface area contributed by atoms with Crippen LogP contribution in [-0.2, 0) is 4.79 Å². The first-order valence-corrected chi connectivity index (χ1v) is 10.3. The van der Waals surface area contributed by atoms with Gasteiger partial charge in [-0.15, -0.1) is 5.10 Å². The van der Waals surface area contributed by atoms with Crippen LogP contribution in [0.1, 0.15) is 18.5 Å². The van der Waals surface area contributed by atoms with Crippen molar-refractivity contribution >= 4 is 17.5 Å². The number of anilines is 2. The molecule has 0 fully saturated rings. The van der Waals surface area contributed by atoms with Gasteiger partial charge in [0.1, 0.15) is 11.8 Å². The molecule has 5 rings (SSSR count). The summed E-state index contributed by atoms with van der Waals surface area (Å²) in [5.41, 5.74) is 3.40. The lowest BCUT2D eigenvalue weighted by Gasteiger charge is -2.29. The Labute approximate surface area is 190 Å². The van der Waals surface area contributed by atoms with Gasteiger partial charge in [-0.2, -0.15) is 4.98 Å². The van der Waals surface area contributed by atoms with Crippen molar-refractivity contribution in [3.8, 4) is 17.1 Å². The van der Waals surface area contributed by atoms with Crippen LogP contribution in [0.15, 0.2) is 84.6 Å². The Morgan fingerprint density at radius 1 is 1.06 bits per heavy atom. The van der Waals surface area contributed by atoms with Crippen molar-refractivity contribution in [3.63, 3.8) is 0 Å². The van der Waals surface area contributed by atoms with Crippen molar-refractivity contribution in [1.29, 1.82) is 0 Å². The van der Waals surface area contributed by atoms with Crippen molar-refractivity contribution in [2.45, 2.75) is 13.0 Å². The van der Waals surface area contributed by atoms with E-state index in [9.17, 15) is 4.79 Å². The fourth-order valence-electron chi connectivity index (χ4n) is 3.88. The summed E-state index contributed by atoms with van der Waals surface area (Å²) >= 11 is 0. The molecule has 0 bridgehead atoms. The number of allylic oxidation sites excluding steroid dienone is 1. The van der Waals surface area contributed by atoms with Gasteiger partial charge in [0.15, 0.2) is 5.82 Å². The smallest absolute Gasteiger partial charge is 0.255 e. The molecule has 4 aromatic rings. The number of carbonyl (C=O) groups excluding carboxylic acids is 1. The molecule has 0 saturated heterocycles. The van der Waals surface area contributed by atoms with E-state index in [0.717, 1.165) is 11.1 Å². The van der Waals surface area contributed by atoms with Gasteiger partial charge in [-0.3, -0.25) is 14.8 Å². The van der Waals surface area contributed by atoms with Crippen molar-refractivity contribution in [1.82, 2.24) is 24.7 Å². The zero-order valence-corrected chi connectivity index (χ0v) is 18.1. The van der Waals surface area contributed by atoms with E-state index in [2.05, 4.69) is 25.6 Å². The third kappa shape index (κ3) is 3.80. The molecular formula is C24H21N7O2. The highest BCUT2D eigenvalue weighted by Crippen LogP contribution is 2.40. The molecule has 33 heavy (non-hydrogen) atoms. The van der Waals surface area contributed by atoms with Gasteiger partial charge in [0.2, 0.25) is 5.95 Å². The van der Waals surface area contributed by atoms with Crippen LogP contribution in [0.2, 0.25) is 0 Å². The van der Waals surface area contributed by atoms with Crippen LogP contribution < -0.4 is 15.4 Å². The molecule has 2 N–H and O–H groups in total. The number of aromatic nitrogens is 5. The zero-order valence-electron chi connectivity index (χ0n) is 18.1. The molecule has 1 atom stereocenters. The fourth-order valence-corrected chi connectivity index (χ4v) is 3.88. The number of nitrogens with zero attached hydrogens (tertiary/aromatic N) is 5. The summed E-state index contributed by atoms with van der Waals surface area (Å²) in [5, 5.41) is 10.9. The quantitative estimate of drug-likeness (QED) is 0.489. The van der Waals surface area contributed by atoms with Gasteiger partial charge in [-0.1, -0.05) is 18.2 Å². The maximum Gasteiger partial charge on any atom is 0.255 e. The Bertz CT molecular complexity index is 1330. The molecular weight excluding hydrogens is 418 g/mol. The number of rotatable bonds is 5. The lowest BCUT2D eigenvalue weighted by atomic mass is 9.94. The van der Waals surface area contributed by atoms with E-state index < -0.39 is 6.04 Å². The van der Waals surface area contributed by atoms with Crippen molar-refractivity contribution in [2.24, 2.45) is 0 Å². The van der Waals surface area contributed by atoms with Crippen LogP contribution in [0.3, 0.4) is 0 Å². The SMILES string of the molecule is COc1ccccc1C1C(C(=O)Nc2cccnc2)=C(C)Nc2nc(-c3ccncc3)nn21. The number of para-hydroxylation sites is 1. The molecule has 0 saturated carbocycles. The van der Waals surface area contributed by atoms with E-state index in [-0.39, 0.29) is 5.91 Å². The largest absolute Gasteiger partial charge is 0.496 e. The lowest BCUT2D eigenvalue weighted by Crippen LogP contribution is -2.31. The minimum atomic E-state index is -0.558. The average molecular weight is 439 g/mol. The zero-order chi connectivity index (χ0) is 22.8. The van der Waals surface area contributed by atoms with E-state index in [1.165, 1.54) is 0 Å². The first kappa shape index (κ1) is 20.4. The summed E-state index contributed by atoms with van der Waals surface area (Å²) in [4.78, 5) is 26.3. The molecule has 9 heteroatoms. The van der Waals surface area contributed by atoms with Gasteiger partial charge in [0.25, 0.3) is 5.91 Å². The second-order valence-corrected chi connectivity index (χ2v) is 7.44. The molecule has 3 aromatic heterocycles. The topological polar surface area (TPSA) is 107 Å². The maximum absolute atomic E-state index is 13.5. The van der Waals surface area contributed by atoms with Crippen molar-refractivity contribution < 1.29 is 9.53 Å². The summed E-state index contributed by atoms with van der Waals surface area (Å²) in [6.07, 6.45) is 6.64. The van der Waals surface area contributed by atoms with Crippen molar-refractivity contribution in [2.75, 3.05) is 17.7 Å². The summed E-state index contributed by atoms with van der Waals surface area (Å²) < 4.78 is 7.35. The van der Waals surface area contributed by atoms with Gasteiger partial charge >= 0.3 is 0 Å². The molecule has 1 aliphatic heterocycles. The average Bonchev–Trinajstić information content (AvgIpc) is 3.28. The third-order valence-corrected chi connectivity index (χ3v) is 5.39. The van der Waals surface area contributed by atoms with Gasteiger partial charge in [0, 0.05) is 35.4 Å². The molecule has 9 nitrogen and oxygen atoms in total. The number of nitrogens with one attached hydrogen (secondary N) is 2. The minimum Gasteiger partial charge on any atom is -0.496 e. The number of hydrogen-bond acceptors (Lipinski definition) is 7. The van der Waals surface area contributed by atoms with E-state index >= 15 is 0 Å². The van der Waals surface area contributed by atoms with Crippen LogP contribution in [0, 0.1) is 0 Å². The van der Waals surface area contributed by atoms with E-state index in [4.69, 9.17) is 9.84 Å².